The van der Waals surface area contributed by atoms with Crippen LogP contribution in [0.1, 0.15) is 19.4 Å². The first-order valence-corrected chi connectivity index (χ1v) is 5.83. The first kappa shape index (κ1) is 12.5. The van der Waals surface area contributed by atoms with Crippen LogP contribution in [0.15, 0.2) is 16.7 Å². The van der Waals surface area contributed by atoms with E-state index in [-0.39, 0.29) is 18.6 Å². The van der Waals surface area contributed by atoms with E-state index in [0.29, 0.717) is 0 Å². The predicted octanol–water partition coefficient (Wildman–Crippen LogP) is 2.58. The fourth-order valence-electron chi connectivity index (χ4n) is 1.21. The number of aliphatic hydroxyl groups is 1. The molecule has 0 aromatic carbocycles. The zero-order chi connectivity index (χ0) is 11.4. The Morgan fingerprint density at radius 3 is 2.73 bits per heavy atom. The van der Waals surface area contributed by atoms with Crippen molar-refractivity contribution in [1.82, 2.24) is 4.98 Å². The minimum Gasteiger partial charge on any atom is -0.396 e. The second-order valence-electron chi connectivity index (χ2n) is 3.91. The summed E-state index contributed by atoms with van der Waals surface area (Å²) in [6.45, 7) is 6.25. The van der Waals surface area contributed by atoms with Crippen molar-refractivity contribution in [3.63, 3.8) is 0 Å². The van der Waals surface area contributed by atoms with Crippen molar-refractivity contribution < 1.29 is 5.11 Å². The highest BCUT2D eigenvalue weighted by Crippen LogP contribution is 2.18. The number of rotatable bonds is 4. The van der Waals surface area contributed by atoms with Gasteiger partial charge in [0.1, 0.15) is 5.82 Å². The molecule has 0 unspecified atom stereocenters. The van der Waals surface area contributed by atoms with Gasteiger partial charge < -0.3 is 10.4 Å². The van der Waals surface area contributed by atoms with Gasteiger partial charge in [0.15, 0.2) is 0 Å². The number of halogens is 1. The molecule has 2 atom stereocenters. The van der Waals surface area contributed by atoms with Crippen LogP contribution >= 0.6 is 15.9 Å². The first-order valence-electron chi connectivity index (χ1n) is 5.04. The molecule has 0 saturated carbocycles. The molecule has 0 saturated heterocycles. The molecule has 0 radical (unpaired) electrons. The van der Waals surface area contributed by atoms with Gasteiger partial charge in [0.25, 0.3) is 0 Å². The minimum atomic E-state index is 0.184. The number of pyridine rings is 1. The van der Waals surface area contributed by atoms with Crippen LogP contribution < -0.4 is 5.32 Å². The fraction of sp³-hybridized carbons (Fsp3) is 0.545. The summed E-state index contributed by atoms with van der Waals surface area (Å²) in [6.07, 6.45) is 1.77. The Kier molecular flexibility index (Phi) is 4.54. The van der Waals surface area contributed by atoms with Crippen LogP contribution in [-0.4, -0.2) is 22.7 Å². The standard InChI is InChI=1S/C11H17BrN2O/c1-7-4-10(12)5-13-11(7)14-9(3)8(2)6-15/h4-5,8-9,15H,6H2,1-3H3,(H,13,14)/t8-,9+/m1/s1. The number of nitrogens with one attached hydrogen (secondary N) is 1. The maximum absolute atomic E-state index is 9.03. The molecule has 0 aliphatic heterocycles. The van der Waals surface area contributed by atoms with Crippen LogP contribution in [0.5, 0.6) is 0 Å². The van der Waals surface area contributed by atoms with E-state index in [0.717, 1.165) is 15.9 Å². The average Bonchev–Trinajstić information content (AvgIpc) is 2.20. The Morgan fingerprint density at radius 2 is 2.20 bits per heavy atom. The van der Waals surface area contributed by atoms with Gasteiger partial charge in [-0.25, -0.2) is 4.98 Å². The first-order chi connectivity index (χ1) is 7.04. The highest BCUT2D eigenvalue weighted by atomic mass is 79.9. The van der Waals surface area contributed by atoms with Gasteiger partial charge in [-0.3, -0.25) is 0 Å². The highest BCUT2D eigenvalue weighted by Gasteiger charge is 2.12. The molecule has 1 heterocycles. The smallest absolute Gasteiger partial charge is 0.129 e. The second-order valence-corrected chi connectivity index (χ2v) is 4.83. The third-order valence-corrected chi connectivity index (χ3v) is 2.98. The summed E-state index contributed by atoms with van der Waals surface area (Å²) < 4.78 is 0.980. The van der Waals surface area contributed by atoms with E-state index < -0.39 is 0 Å². The summed E-state index contributed by atoms with van der Waals surface area (Å²) in [5, 5.41) is 12.3. The van der Waals surface area contributed by atoms with E-state index in [2.05, 4.69) is 26.2 Å². The lowest BCUT2D eigenvalue weighted by Crippen LogP contribution is -2.27. The molecule has 0 bridgehead atoms. The molecule has 2 N–H and O–H groups in total. The number of hydrogen-bond acceptors (Lipinski definition) is 3. The molecule has 15 heavy (non-hydrogen) atoms. The SMILES string of the molecule is Cc1cc(Br)cnc1N[C@@H](C)[C@H](C)CO. The summed E-state index contributed by atoms with van der Waals surface area (Å²) in [6, 6.07) is 2.23. The van der Waals surface area contributed by atoms with Crippen LogP contribution in [0.4, 0.5) is 5.82 Å². The zero-order valence-electron chi connectivity index (χ0n) is 9.29. The van der Waals surface area contributed by atoms with Crippen molar-refractivity contribution >= 4 is 21.7 Å². The molecule has 0 spiro atoms. The normalized spacial score (nSPS) is 14.7. The van der Waals surface area contributed by atoms with Crippen LogP contribution in [0, 0.1) is 12.8 Å². The predicted molar refractivity (Wildman–Crippen MR) is 66.0 cm³/mol. The van der Waals surface area contributed by atoms with Crippen LogP contribution in [0.2, 0.25) is 0 Å². The van der Waals surface area contributed by atoms with Crippen molar-refractivity contribution in [3.05, 3.63) is 22.3 Å². The lowest BCUT2D eigenvalue weighted by molar-refractivity contribution is 0.226. The van der Waals surface area contributed by atoms with E-state index in [4.69, 9.17) is 5.11 Å². The summed E-state index contributed by atoms with van der Waals surface area (Å²) in [7, 11) is 0. The molecular weight excluding hydrogens is 256 g/mol. The minimum absolute atomic E-state index is 0.184. The molecule has 1 aromatic rings. The third-order valence-electron chi connectivity index (χ3n) is 2.55. The Balaban J connectivity index is 2.72. The van der Waals surface area contributed by atoms with E-state index in [1.54, 1.807) is 6.20 Å². The molecule has 1 rings (SSSR count). The average molecular weight is 273 g/mol. The van der Waals surface area contributed by atoms with Crippen molar-refractivity contribution in [3.8, 4) is 0 Å². The van der Waals surface area contributed by atoms with Crippen molar-refractivity contribution in [2.45, 2.75) is 26.8 Å². The lowest BCUT2D eigenvalue weighted by atomic mass is 10.1. The molecule has 0 fully saturated rings. The molecule has 3 nitrogen and oxygen atoms in total. The van der Waals surface area contributed by atoms with E-state index in [9.17, 15) is 0 Å². The van der Waals surface area contributed by atoms with Gasteiger partial charge in [0, 0.05) is 23.3 Å². The van der Waals surface area contributed by atoms with Gasteiger partial charge in [-0.05, 0) is 47.3 Å². The Bertz CT molecular complexity index is 330. The Morgan fingerprint density at radius 1 is 1.53 bits per heavy atom. The third kappa shape index (κ3) is 3.47. The molecule has 0 aliphatic carbocycles. The summed E-state index contributed by atoms with van der Waals surface area (Å²) >= 11 is 3.37. The molecular formula is C11H17BrN2O. The van der Waals surface area contributed by atoms with Gasteiger partial charge in [0.2, 0.25) is 0 Å². The highest BCUT2D eigenvalue weighted by molar-refractivity contribution is 9.10. The zero-order valence-corrected chi connectivity index (χ0v) is 10.9. The number of aryl methyl sites for hydroxylation is 1. The number of anilines is 1. The maximum Gasteiger partial charge on any atom is 0.129 e. The molecule has 0 aliphatic rings. The Labute approximate surface area is 99.1 Å². The van der Waals surface area contributed by atoms with Gasteiger partial charge in [-0.2, -0.15) is 0 Å². The largest absolute Gasteiger partial charge is 0.396 e. The summed E-state index contributed by atoms with van der Waals surface area (Å²) in [5.74, 6) is 1.10. The van der Waals surface area contributed by atoms with Gasteiger partial charge >= 0.3 is 0 Å². The van der Waals surface area contributed by atoms with Crippen molar-refractivity contribution in [2.24, 2.45) is 5.92 Å². The number of hydrogen-bond donors (Lipinski definition) is 2. The number of nitrogens with zero attached hydrogens (tertiary/aromatic N) is 1. The topological polar surface area (TPSA) is 45.2 Å². The Hall–Kier alpha value is -0.610. The number of aromatic nitrogens is 1. The van der Waals surface area contributed by atoms with Crippen LogP contribution in [-0.2, 0) is 0 Å². The fourth-order valence-corrected chi connectivity index (χ4v) is 1.65. The lowest BCUT2D eigenvalue weighted by Gasteiger charge is -2.20. The molecule has 84 valence electrons. The van der Waals surface area contributed by atoms with Crippen LogP contribution in [0.25, 0.3) is 0 Å². The van der Waals surface area contributed by atoms with E-state index >= 15 is 0 Å². The van der Waals surface area contributed by atoms with E-state index in [1.165, 1.54) is 0 Å². The van der Waals surface area contributed by atoms with Gasteiger partial charge in [-0.1, -0.05) is 6.92 Å². The molecule has 0 amide bonds. The molecule has 4 heteroatoms. The van der Waals surface area contributed by atoms with Crippen molar-refractivity contribution in [2.75, 3.05) is 11.9 Å². The van der Waals surface area contributed by atoms with Gasteiger partial charge in [-0.15, -0.1) is 0 Å². The monoisotopic (exact) mass is 272 g/mol. The maximum atomic E-state index is 9.03. The van der Waals surface area contributed by atoms with Gasteiger partial charge in [0.05, 0.1) is 0 Å². The second kappa shape index (κ2) is 5.47. The number of aliphatic hydroxyl groups excluding tert-OH is 1. The summed E-state index contributed by atoms with van der Waals surface area (Å²) in [5.41, 5.74) is 1.10. The van der Waals surface area contributed by atoms with Crippen molar-refractivity contribution in [1.29, 1.82) is 0 Å². The summed E-state index contributed by atoms with van der Waals surface area (Å²) in [4.78, 5) is 4.29. The quantitative estimate of drug-likeness (QED) is 0.886. The van der Waals surface area contributed by atoms with E-state index in [1.807, 2.05) is 26.8 Å². The van der Waals surface area contributed by atoms with Crippen LogP contribution in [0.3, 0.4) is 0 Å². The molecule has 1 aromatic heterocycles.